The minimum Gasteiger partial charge on any atom is -0.379 e. The van der Waals surface area contributed by atoms with E-state index in [9.17, 15) is 26.7 Å². The normalized spacial score (nSPS) is 24.5. The van der Waals surface area contributed by atoms with Gasteiger partial charge in [0.15, 0.2) is 5.60 Å². The first-order valence-corrected chi connectivity index (χ1v) is 13.6. The SMILES string of the molecule is C[C@@](O)(c1ccc(N2CCN(S(=O)(=O)C3=CC=CCC3=S)C[C@@H]2CN2CCOCC2)cc1)C(F)(F)F. The molecule has 1 aromatic carbocycles. The monoisotopic (exact) mass is 545 g/mol. The van der Waals surface area contributed by atoms with Crippen LogP contribution in [0.1, 0.15) is 18.9 Å². The molecule has 0 amide bonds. The summed E-state index contributed by atoms with van der Waals surface area (Å²) in [5, 5.41) is 10.0. The standard InChI is InChI=1S/C24H30F3N3O4S2/c1-23(31,24(25,26)27)18-6-8-19(9-7-18)30-11-10-29(17-20(30)16-28-12-14-34-15-13-28)36(32,33)22-5-3-2-4-21(22)35/h2-3,5-9,20,31H,4,10-17H2,1H3/t20-,23+/m0/s1. The Hall–Kier alpha value is -1.83. The van der Waals surface area contributed by atoms with Crippen LogP contribution in [0.15, 0.2) is 47.4 Å². The fourth-order valence-electron chi connectivity index (χ4n) is 4.66. The summed E-state index contributed by atoms with van der Waals surface area (Å²) in [5.74, 6) is 0. The summed E-state index contributed by atoms with van der Waals surface area (Å²) < 4.78 is 73.6. The van der Waals surface area contributed by atoms with Gasteiger partial charge in [0.05, 0.1) is 24.2 Å². The first-order valence-electron chi connectivity index (χ1n) is 11.8. The molecule has 2 aliphatic heterocycles. The molecule has 1 aliphatic carbocycles. The van der Waals surface area contributed by atoms with Gasteiger partial charge in [-0.25, -0.2) is 8.42 Å². The van der Waals surface area contributed by atoms with Crippen LogP contribution in [0.3, 0.4) is 0 Å². The first-order chi connectivity index (χ1) is 16.9. The molecule has 1 N–H and O–H groups in total. The number of allylic oxidation sites excluding steroid dienone is 4. The zero-order valence-electron chi connectivity index (χ0n) is 19.9. The van der Waals surface area contributed by atoms with Crippen molar-refractivity contribution < 1.29 is 31.4 Å². The Balaban J connectivity index is 1.59. The molecule has 0 radical (unpaired) electrons. The summed E-state index contributed by atoms with van der Waals surface area (Å²) in [4.78, 5) is 4.77. The van der Waals surface area contributed by atoms with E-state index >= 15 is 0 Å². The fourth-order valence-corrected chi connectivity index (χ4v) is 6.73. The second-order valence-electron chi connectivity index (χ2n) is 9.33. The lowest BCUT2D eigenvalue weighted by Crippen LogP contribution is -2.59. The number of piperazine rings is 1. The molecule has 3 aliphatic rings. The molecule has 7 nitrogen and oxygen atoms in total. The average molecular weight is 546 g/mol. The van der Waals surface area contributed by atoms with Gasteiger partial charge >= 0.3 is 6.18 Å². The Kier molecular flexibility index (Phi) is 7.94. The number of anilines is 1. The molecular weight excluding hydrogens is 515 g/mol. The van der Waals surface area contributed by atoms with E-state index in [0.29, 0.717) is 56.4 Å². The van der Waals surface area contributed by atoms with Crippen molar-refractivity contribution in [2.24, 2.45) is 0 Å². The first kappa shape index (κ1) is 27.2. The van der Waals surface area contributed by atoms with Gasteiger partial charge in [0, 0.05) is 56.2 Å². The van der Waals surface area contributed by atoms with Crippen LogP contribution in [0.5, 0.6) is 0 Å². The van der Waals surface area contributed by atoms with E-state index in [2.05, 4.69) is 4.90 Å². The number of halogens is 3. The van der Waals surface area contributed by atoms with Gasteiger partial charge in [0.25, 0.3) is 0 Å². The lowest BCUT2D eigenvalue weighted by atomic mass is 9.95. The molecule has 0 unspecified atom stereocenters. The van der Waals surface area contributed by atoms with Crippen LogP contribution in [0.2, 0.25) is 0 Å². The number of alkyl halides is 3. The molecule has 2 atom stereocenters. The number of nitrogens with zero attached hydrogens (tertiary/aromatic N) is 3. The Labute approximate surface area is 214 Å². The Bertz CT molecular complexity index is 1130. The van der Waals surface area contributed by atoms with Crippen LogP contribution in [-0.2, 0) is 20.4 Å². The third-order valence-electron chi connectivity index (χ3n) is 6.91. The summed E-state index contributed by atoms with van der Waals surface area (Å²) in [6.07, 6.45) is 0.653. The number of aliphatic hydroxyl groups is 1. The van der Waals surface area contributed by atoms with Gasteiger partial charge in [-0.3, -0.25) is 4.90 Å². The summed E-state index contributed by atoms with van der Waals surface area (Å²) in [6, 6.07) is 5.41. The molecule has 2 heterocycles. The Morgan fingerprint density at radius 3 is 2.39 bits per heavy atom. The fraction of sp³-hybridized carbons (Fsp3) is 0.542. The van der Waals surface area contributed by atoms with Gasteiger partial charge in [0.1, 0.15) is 0 Å². The van der Waals surface area contributed by atoms with Crippen LogP contribution >= 0.6 is 12.2 Å². The van der Waals surface area contributed by atoms with Crippen LogP contribution in [0.25, 0.3) is 0 Å². The number of morpholine rings is 1. The highest BCUT2D eigenvalue weighted by atomic mass is 32.2. The van der Waals surface area contributed by atoms with E-state index in [1.165, 1.54) is 22.5 Å². The van der Waals surface area contributed by atoms with Crippen molar-refractivity contribution in [1.82, 2.24) is 9.21 Å². The quantitative estimate of drug-likeness (QED) is 0.552. The van der Waals surface area contributed by atoms with Crippen molar-refractivity contribution in [1.29, 1.82) is 0 Å². The molecule has 4 rings (SSSR count). The number of thiocarbonyl (C=S) groups is 1. The van der Waals surface area contributed by atoms with Gasteiger partial charge in [-0.05, 0) is 30.7 Å². The van der Waals surface area contributed by atoms with Crippen molar-refractivity contribution in [2.75, 3.05) is 57.4 Å². The maximum Gasteiger partial charge on any atom is 0.421 e. The number of hydrogen-bond acceptors (Lipinski definition) is 7. The van der Waals surface area contributed by atoms with Gasteiger partial charge in [-0.1, -0.05) is 36.5 Å². The zero-order chi connectivity index (χ0) is 26.1. The topological polar surface area (TPSA) is 73.3 Å². The molecule has 36 heavy (non-hydrogen) atoms. The van der Waals surface area contributed by atoms with Crippen LogP contribution in [0, 0.1) is 0 Å². The molecule has 2 fully saturated rings. The lowest BCUT2D eigenvalue weighted by molar-refractivity contribution is -0.258. The summed E-state index contributed by atoms with van der Waals surface area (Å²) >= 11 is 5.31. The summed E-state index contributed by atoms with van der Waals surface area (Å²) in [7, 11) is -3.78. The molecule has 2 saturated heterocycles. The number of hydrogen-bond donors (Lipinski definition) is 1. The third kappa shape index (κ3) is 5.53. The van der Waals surface area contributed by atoms with Crippen molar-refractivity contribution in [2.45, 2.75) is 31.2 Å². The molecule has 12 heteroatoms. The van der Waals surface area contributed by atoms with Crippen molar-refractivity contribution in [3.05, 3.63) is 53.0 Å². The van der Waals surface area contributed by atoms with Crippen LogP contribution in [0.4, 0.5) is 18.9 Å². The van der Waals surface area contributed by atoms with Gasteiger partial charge in [0.2, 0.25) is 10.0 Å². The van der Waals surface area contributed by atoms with E-state index in [1.807, 2.05) is 11.0 Å². The second-order valence-corrected chi connectivity index (χ2v) is 11.7. The second kappa shape index (κ2) is 10.5. The van der Waals surface area contributed by atoms with Gasteiger partial charge < -0.3 is 14.7 Å². The van der Waals surface area contributed by atoms with Gasteiger partial charge in [-0.15, -0.1) is 0 Å². The molecule has 0 spiro atoms. The minimum atomic E-state index is -4.81. The molecule has 0 aromatic heterocycles. The molecular formula is C24H30F3N3O4S2. The average Bonchev–Trinajstić information content (AvgIpc) is 2.84. The van der Waals surface area contributed by atoms with Gasteiger partial charge in [-0.2, -0.15) is 17.5 Å². The summed E-state index contributed by atoms with van der Waals surface area (Å²) in [5.41, 5.74) is -2.55. The van der Waals surface area contributed by atoms with Crippen LogP contribution < -0.4 is 4.90 Å². The van der Waals surface area contributed by atoms with E-state index in [1.54, 1.807) is 18.2 Å². The van der Waals surface area contributed by atoms with Crippen LogP contribution in [-0.4, -0.2) is 92.3 Å². The minimum absolute atomic E-state index is 0.150. The van der Waals surface area contributed by atoms with E-state index in [4.69, 9.17) is 17.0 Å². The third-order valence-corrected chi connectivity index (χ3v) is 9.38. The van der Waals surface area contributed by atoms with E-state index in [-0.39, 0.29) is 29.6 Å². The zero-order valence-corrected chi connectivity index (χ0v) is 21.6. The highest BCUT2D eigenvalue weighted by molar-refractivity contribution is 7.96. The van der Waals surface area contributed by atoms with Crippen molar-refractivity contribution in [3.63, 3.8) is 0 Å². The van der Waals surface area contributed by atoms with E-state index < -0.39 is 21.8 Å². The number of sulfonamides is 1. The highest BCUT2D eigenvalue weighted by Crippen LogP contribution is 2.39. The number of rotatable bonds is 6. The smallest absolute Gasteiger partial charge is 0.379 e. The molecule has 0 bridgehead atoms. The maximum atomic E-state index is 13.4. The Morgan fingerprint density at radius 1 is 1.11 bits per heavy atom. The molecule has 198 valence electrons. The predicted octanol–water partition coefficient (Wildman–Crippen LogP) is 2.82. The lowest BCUT2D eigenvalue weighted by Gasteiger charge is -2.44. The van der Waals surface area contributed by atoms with Crippen molar-refractivity contribution >= 4 is 32.8 Å². The van der Waals surface area contributed by atoms with Crippen molar-refractivity contribution in [3.8, 4) is 0 Å². The maximum absolute atomic E-state index is 13.4. The highest BCUT2D eigenvalue weighted by Gasteiger charge is 2.51. The predicted molar refractivity (Wildman–Crippen MR) is 135 cm³/mol. The number of benzene rings is 1. The Morgan fingerprint density at radius 2 is 1.78 bits per heavy atom. The number of ether oxygens (including phenoxy) is 1. The molecule has 1 aromatic rings. The largest absolute Gasteiger partial charge is 0.421 e. The van der Waals surface area contributed by atoms with E-state index in [0.717, 1.165) is 6.92 Å². The molecule has 0 saturated carbocycles. The summed E-state index contributed by atoms with van der Waals surface area (Å²) in [6.45, 7) is 4.69.